The second kappa shape index (κ2) is 11.0. The fourth-order valence-corrected chi connectivity index (χ4v) is 2.97. The van der Waals surface area contributed by atoms with E-state index < -0.39 is 10.0 Å². The van der Waals surface area contributed by atoms with Gasteiger partial charge in [0.15, 0.2) is 5.96 Å². The van der Waals surface area contributed by atoms with Crippen molar-refractivity contribution in [3.05, 3.63) is 17.0 Å². The maximum absolute atomic E-state index is 11.0. The van der Waals surface area contributed by atoms with E-state index in [-0.39, 0.29) is 30.0 Å². The number of halogens is 1. The normalized spacial score (nSPS) is 13.3. The number of nitrogens with zero attached hydrogens (tertiary/aromatic N) is 3. The minimum Gasteiger partial charge on any atom is -0.356 e. The summed E-state index contributed by atoms with van der Waals surface area (Å²) >= 11 is 0. The first kappa shape index (κ1) is 24.1. The van der Waals surface area contributed by atoms with Crippen molar-refractivity contribution in [1.29, 1.82) is 0 Å². The van der Waals surface area contributed by atoms with Crippen LogP contribution in [0.25, 0.3) is 0 Å². The Bertz CT molecular complexity index is 672. The molecule has 1 aromatic rings. The lowest BCUT2D eigenvalue weighted by atomic mass is 10.1. The molecule has 1 atom stereocenters. The summed E-state index contributed by atoms with van der Waals surface area (Å²) in [7, 11) is 0.551. The van der Waals surface area contributed by atoms with Crippen LogP contribution in [0.3, 0.4) is 0 Å². The van der Waals surface area contributed by atoms with Crippen LogP contribution in [-0.2, 0) is 23.5 Å². The van der Waals surface area contributed by atoms with Gasteiger partial charge < -0.3 is 10.6 Å². The third-order valence-electron chi connectivity index (χ3n) is 3.79. The minimum atomic E-state index is -3.12. The van der Waals surface area contributed by atoms with E-state index >= 15 is 0 Å². The molecule has 0 amide bonds. The maximum atomic E-state index is 11.0. The first-order chi connectivity index (χ1) is 11.1. The van der Waals surface area contributed by atoms with E-state index in [0.29, 0.717) is 25.5 Å². The van der Waals surface area contributed by atoms with E-state index in [4.69, 9.17) is 0 Å². The summed E-state index contributed by atoms with van der Waals surface area (Å²) in [6.45, 7) is 7.25. The van der Waals surface area contributed by atoms with Crippen LogP contribution in [0.15, 0.2) is 4.99 Å². The number of rotatable bonds is 8. The quantitative estimate of drug-likeness (QED) is 0.217. The van der Waals surface area contributed by atoms with Gasteiger partial charge in [0.25, 0.3) is 0 Å². The van der Waals surface area contributed by atoms with Gasteiger partial charge >= 0.3 is 0 Å². The molecule has 0 fully saturated rings. The molecular weight excluding hydrogens is 455 g/mol. The molecule has 3 N–H and O–H groups in total. The molecule has 0 aliphatic rings. The Hall–Kier alpha value is -0.880. The van der Waals surface area contributed by atoms with Crippen LogP contribution < -0.4 is 15.4 Å². The highest BCUT2D eigenvalue weighted by molar-refractivity contribution is 14.0. The van der Waals surface area contributed by atoms with Crippen LogP contribution in [0.4, 0.5) is 0 Å². The lowest BCUT2D eigenvalue weighted by Crippen LogP contribution is -2.43. The average Bonchev–Trinajstić information content (AvgIpc) is 2.71. The summed E-state index contributed by atoms with van der Waals surface area (Å²) < 4.78 is 26.3. The highest BCUT2D eigenvalue weighted by Gasteiger charge is 2.13. The van der Waals surface area contributed by atoms with Crippen molar-refractivity contribution in [1.82, 2.24) is 25.1 Å². The number of aryl methyl sites for hydroxylation is 2. The predicted molar refractivity (Wildman–Crippen MR) is 113 cm³/mol. The SMILES string of the molecule is CN=C(NCCCNS(C)(=O)=O)NC(C)Cc1c(C)nn(C)c1C.I. The van der Waals surface area contributed by atoms with Crippen molar-refractivity contribution in [2.45, 2.75) is 39.7 Å². The van der Waals surface area contributed by atoms with Crippen molar-refractivity contribution in [3.63, 3.8) is 0 Å². The van der Waals surface area contributed by atoms with Crippen LogP contribution >= 0.6 is 24.0 Å². The Morgan fingerprint density at radius 2 is 1.96 bits per heavy atom. The number of guanidine groups is 1. The molecular formula is C15H31IN6O2S. The fraction of sp³-hybridized carbons (Fsp3) is 0.733. The van der Waals surface area contributed by atoms with Crippen molar-refractivity contribution < 1.29 is 8.42 Å². The number of aliphatic imine (C=N–C) groups is 1. The van der Waals surface area contributed by atoms with Gasteiger partial charge in [0.2, 0.25) is 10.0 Å². The standard InChI is InChI=1S/C15H30N6O2S.HI/c1-11(10-14-12(2)20-21(5)13(14)3)19-15(16-4)17-8-7-9-18-24(6,22)23;/h11,18H,7-10H2,1-6H3,(H2,16,17,19);1H. The van der Waals surface area contributed by atoms with E-state index in [1.165, 1.54) is 11.3 Å². The Labute approximate surface area is 168 Å². The van der Waals surface area contributed by atoms with Gasteiger partial charge in [0.05, 0.1) is 11.9 Å². The van der Waals surface area contributed by atoms with Crippen LogP contribution in [0, 0.1) is 13.8 Å². The molecule has 146 valence electrons. The van der Waals surface area contributed by atoms with Crippen molar-refractivity contribution in [3.8, 4) is 0 Å². The molecule has 0 aliphatic heterocycles. The Morgan fingerprint density at radius 3 is 2.44 bits per heavy atom. The zero-order valence-electron chi connectivity index (χ0n) is 15.9. The molecule has 0 saturated heterocycles. The number of hydrogen-bond acceptors (Lipinski definition) is 4. The van der Waals surface area contributed by atoms with Gasteiger partial charge in [-0.1, -0.05) is 0 Å². The minimum absolute atomic E-state index is 0. The largest absolute Gasteiger partial charge is 0.356 e. The summed E-state index contributed by atoms with van der Waals surface area (Å²) in [5, 5.41) is 11.0. The van der Waals surface area contributed by atoms with E-state index in [1.807, 2.05) is 18.7 Å². The molecule has 0 aromatic carbocycles. The van der Waals surface area contributed by atoms with Crippen molar-refractivity contribution in [2.24, 2.45) is 12.0 Å². The van der Waals surface area contributed by atoms with E-state index in [2.05, 4.69) is 39.3 Å². The van der Waals surface area contributed by atoms with Crippen LogP contribution in [0.5, 0.6) is 0 Å². The van der Waals surface area contributed by atoms with E-state index in [1.54, 1.807) is 7.05 Å². The van der Waals surface area contributed by atoms with Crippen LogP contribution in [0.2, 0.25) is 0 Å². The summed E-state index contributed by atoms with van der Waals surface area (Å²) in [5.74, 6) is 0.709. The number of aromatic nitrogens is 2. The fourth-order valence-electron chi connectivity index (χ4n) is 2.45. The van der Waals surface area contributed by atoms with E-state index in [0.717, 1.165) is 18.4 Å². The maximum Gasteiger partial charge on any atom is 0.208 e. The zero-order chi connectivity index (χ0) is 18.3. The lowest BCUT2D eigenvalue weighted by molar-refractivity contribution is 0.583. The Morgan fingerprint density at radius 1 is 1.32 bits per heavy atom. The molecule has 8 nitrogen and oxygen atoms in total. The van der Waals surface area contributed by atoms with Gasteiger partial charge in [0.1, 0.15) is 0 Å². The molecule has 1 rings (SSSR count). The van der Waals surface area contributed by atoms with Crippen LogP contribution in [0.1, 0.15) is 30.3 Å². The van der Waals surface area contributed by atoms with Crippen molar-refractivity contribution >= 4 is 40.0 Å². The highest BCUT2D eigenvalue weighted by Crippen LogP contribution is 2.13. The van der Waals surface area contributed by atoms with Gasteiger partial charge in [-0.3, -0.25) is 9.67 Å². The molecule has 0 aliphatic carbocycles. The first-order valence-corrected chi connectivity index (χ1v) is 9.94. The number of hydrogen-bond donors (Lipinski definition) is 3. The lowest BCUT2D eigenvalue weighted by Gasteiger charge is -2.18. The molecule has 0 spiro atoms. The third-order valence-corrected chi connectivity index (χ3v) is 4.51. The molecule has 1 heterocycles. The van der Waals surface area contributed by atoms with Gasteiger partial charge in [-0.15, -0.1) is 24.0 Å². The summed E-state index contributed by atoms with van der Waals surface area (Å²) in [6.07, 6.45) is 2.70. The van der Waals surface area contributed by atoms with Gasteiger partial charge in [0, 0.05) is 38.9 Å². The Balaban J connectivity index is 0.00000576. The highest BCUT2D eigenvalue weighted by atomic mass is 127. The summed E-state index contributed by atoms with van der Waals surface area (Å²) in [4.78, 5) is 4.20. The number of sulfonamides is 1. The first-order valence-electron chi connectivity index (χ1n) is 8.05. The third kappa shape index (κ3) is 8.86. The molecule has 0 bridgehead atoms. The average molecular weight is 486 g/mol. The topological polar surface area (TPSA) is 100 Å². The van der Waals surface area contributed by atoms with Crippen molar-refractivity contribution in [2.75, 3.05) is 26.4 Å². The summed E-state index contributed by atoms with van der Waals surface area (Å²) in [6, 6.07) is 0.201. The molecule has 0 saturated carbocycles. The second-order valence-corrected chi connectivity index (χ2v) is 7.87. The molecule has 10 heteroatoms. The number of nitrogens with one attached hydrogen (secondary N) is 3. The van der Waals surface area contributed by atoms with Gasteiger partial charge in [-0.05, 0) is 39.2 Å². The van der Waals surface area contributed by atoms with Gasteiger partial charge in [-0.2, -0.15) is 5.10 Å². The zero-order valence-corrected chi connectivity index (χ0v) is 19.0. The van der Waals surface area contributed by atoms with Crippen LogP contribution in [-0.4, -0.2) is 56.6 Å². The smallest absolute Gasteiger partial charge is 0.208 e. The van der Waals surface area contributed by atoms with E-state index in [9.17, 15) is 8.42 Å². The molecule has 1 aromatic heterocycles. The molecule has 0 radical (unpaired) electrons. The monoisotopic (exact) mass is 486 g/mol. The predicted octanol–water partition coefficient (Wildman–Crippen LogP) is 0.690. The van der Waals surface area contributed by atoms with Gasteiger partial charge in [-0.25, -0.2) is 13.1 Å². The summed E-state index contributed by atoms with van der Waals surface area (Å²) in [5.41, 5.74) is 3.49. The Kier molecular flexibility index (Phi) is 10.6. The second-order valence-electron chi connectivity index (χ2n) is 6.04. The molecule has 25 heavy (non-hydrogen) atoms. The molecule has 1 unspecified atom stereocenters.